The van der Waals surface area contributed by atoms with Crippen molar-refractivity contribution < 1.29 is 14.9 Å². The summed E-state index contributed by atoms with van der Waals surface area (Å²) in [5.74, 6) is 3.27. The van der Waals surface area contributed by atoms with E-state index in [1.807, 2.05) is 42.5 Å². The number of aliphatic hydroxyl groups is 1. The molecular weight excluding hydrogens is 364 g/mol. The smallest absolute Gasteiger partial charge is 0.169 e. The van der Waals surface area contributed by atoms with E-state index in [0.717, 1.165) is 50.3 Å². The molecule has 152 valence electrons. The molecule has 0 amide bonds. The van der Waals surface area contributed by atoms with Crippen molar-refractivity contribution in [3.8, 4) is 12.3 Å². The molecule has 2 aliphatic heterocycles. The second-order valence-electron chi connectivity index (χ2n) is 7.69. The van der Waals surface area contributed by atoms with Crippen LogP contribution in [0.3, 0.4) is 0 Å². The molecule has 1 aromatic carbocycles. The lowest BCUT2D eigenvalue weighted by molar-refractivity contribution is -0.260. The number of benzene rings is 1. The summed E-state index contributed by atoms with van der Waals surface area (Å²) in [6, 6.07) is 10.3. The quantitative estimate of drug-likeness (QED) is 0.576. The minimum Gasteiger partial charge on any atom is -0.380 e. The summed E-state index contributed by atoms with van der Waals surface area (Å²) in [5.41, 5.74) is 3.61. The Bertz CT molecular complexity index is 837. The maximum Gasteiger partial charge on any atom is 0.169 e. The first kappa shape index (κ1) is 19.9. The molecule has 1 aliphatic carbocycles. The minimum atomic E-state index is -0.787. The van der Waals surface area contributed by atoms with Crippen molar-refractivity contribution in [3.05, 3.63) is 71.0 Å². The number of hydrogen-bond donors (Lipinski definition) is 2. The molecule has 0 radical (unpaired) electrons. The van der Waals surface area contributed by atoms with E-state index in [2.05, 4.69) is 22.2 Å². The van der Waals surface area contributed by atoms with E-state index >= 15 is 0 Å². The van der Waals surface area contributed by atoms with Crippen molar-refractivity contribution in [1.29, 1.82) is 0 Å². The van der Waals surface area contributed by atoms with E-state index < -0.39 is 6.10 Å². The fourth-order valence-electron chi connectivity index (χ4n) is 4.44. The topological polar surface area (TPSA) is 54.0 Å². The van der Waals surface area contributed by atoms with Gasteiger partial charge in [-0.1, -0.05) is 48.4 Å². The number of rotatable bonds is 6. The predicted molar refractivity (Wildman–Crippen MR) is 113 cm³/mol. The van der Waals surface area contributed by atoms with Gasteiger partial charge in [-0.25, -0.2) is 0 Å². The van der Waals surface area contributed by atoms with Gasteiger partial charge in [0.25, 0.3) is 0 Å². The van der Waals surface area contributed by atoms with Gasteiger partial charge in [0, 0.05) is 37.2 Å². The summed E-state index contributed by atoms with van der Waals surface area (Å²) >= 11 is 0. The number of nitrogens with zero attached hydrogens (tertiary/aromatic N) is 1. The number of hydrogen-bond acceptors (Lipinski definition) is 5. The molecule has 0 spiro atoms. The molecule has 3 aliphatic rings. The van der Waals surface area contributed by atoms with Gasteiger partial charge in [0.2, 0.25) is 0 Å². The van der Waals surface area contributed by atoms with Crippen molar-refractivity contribution >= 4 is 0 Å². The van der Waals surface area contributed by atoms with Crippen molar-refractivity contribution in [3.63, 3.8) is 0 Å². The minimum absolute atomic E-state index is 0.0756. The van der Waals surface area contributed by atoms with Crippen molar-refractivity contribution in [1.82, 2.24) is 10.2 Å². The summed E-state index contributed by atoms with van der Waals surface area (Å²) in [6.07, 6.45) is 12.6. The van der Waals surface area contributed by atoms with Crippen LogP contribution in [0, 0.1) is 12.3 Å². The van der Waals surface area contributed by atoms with E-state index in [1.54, 1.807) is 0 Å². The van der Waals surface area contributed by atoms with Crippen LogP contribution in [0.1, 0.15) is 24.3 Å². The van der Waals surface area contributed by atoms with Crippen LogP contribution in [0.4, 0.5) is 0 Å². The molecule has 29 heavy (non-hydrogen) atoms. The van der Waals surface area contributed by atoms with Crippen LogP contribution in [0.2, 0.25) is 0 Å². The lowest BCUT2D eigenvalue weighted by Gasteiger charge is -2.40. The van der Waals surface area contributed by atoms with Gasteiger partial charge in [0.05, 0.1) is 0 Å². The zero-order valence-electron chi connectivity index (χ0n) is 16.6. The summed E-state index contributed by atoms with van der Waals surface area (Å²) in [4.78, 5) is 13.3. The van der Waals surface area contributed by atoms with Crippen molar-refractivity contribution in [2.75, 3.05) is 32.8 Å². The third kappa shape index (κ3) is 4.47. The number of fused-ring (bicyclic) bond motifs is 1. The lowest BCUT2D eigenvalue weighted by Crippen LogP contribution is -2.53. The Hall–Kier alpha value is -2.36. The Morgan fingerprint density at radius 3 is 3.00 bits per heavy atom. The molecule has 1 fully saturated rings. The number of piperazine rings is 1. The van der Waals surface area contributed by atoms with Gasteiger partial charge in [-0.2, -0.15) is 4.89 Å². The van der Waals surface area contributed by atoms with Crippen LogP contribution in [0.15, 0.2) is 65.5 Å². The highest BCUT2D eigenvalue weighted by Gasteiger charge is 2.32. The summed E-state index contributed by atoms with van der Waals surface area (Å²) in [6.45, 7) is 4.13. The highest BCUT2D eigenvalue weighted by molar-refractivity contribution is 5.42. The monoisotopic (exact) mass is 392 g/mol. The molecule has 5 heteroatoms. The van der Waals surface area contributed by atoms with Crippen LogP contribution >= 0.6 is 0 Å². The fourth-order valence-corrected chi connectivity index (χ4v) is 4.44. The molecule has 2 N–H and O–H groups in total. The van der Waals surface area contributed by atoms with Crippen molar-refractivity contribution in [2.24, 2.45) is 0 Å². The summed E-state index contributed by atoms with van der Waals surface area (Å²) in [5, 5.41) is 14.0. The fraction of sp³-hybridized carbons (Fsp3) is 0.417. The van der Waals surface area contributed by atoms with E-state index in [1.165, 1.54) is 11.1 Å². The Morgan fingerprint density at radius 2 is 2.17 bits per heavy atom. The van der Waals surface area contributed by atoms with Gasteiger partial charge >= 0.3 is 0 Å². The van der Waals surface area contributed by atoms with E-state index in [-0.39, 0.29) is 12.0 Å². The maximum atomic E-state index is 10.4. The SMILES string of the molecule is C#CC(O)C(CCN1CCNCC1C1=C2CC=CC=C2OOC1)c1ccccc1. The van der Waals surface area contributed by atoms with Gasteiger partial charge in [-0.05, 0) is 36.6 Å². The Morgan fingerprint density at radius 1 is 1.31 bits per heavy atom. The highest BCUT2D eigenvalue weighted by Crippen LogP contribution is 2.33. The molecule has 2 heterocycles. The maximum absolute atomic E-state index is 10.4. The van der Waals surface area contributed by atoms with Gasteiger partial charge in [-0.3, -0.25) is 4.90 Å². The standard InChI is InChI=1S/C24H28N2O3/c1-2-23(27)19(18-8-4-3-5-9-18)12-14-26-15-13-25-16-22(26)21-17-28-29-24-11-7-6-10-20(21)24/h1,3-9,11,19,22-23,25,27H,10,12-17H2. The number of nitrogens with one attached hydrogen (secondary N) is 1. The first-order valence-electron chi connectivity index (χ1n) is 10.3. The molecule has 3 unspecified atom stereocenters. The second-order valence-corrected chi connectivity index (χ2v) is 7.69. The summed E-state index contributed by atoms with van der Waals surface area (Å²) in [7, 11) is 0. The van der Waals surface area contributed by atoms with Gasteiger partial charge in [0.15, 0.2) is 5.76 Å². The number of terminal acetylenes is 1. The van der Waals surface area contributed by atoms with Crippen LogP contribution in [0.5, 0.6) is 0 Å². The first-order chi connectivity index (χ1) is 14.3. The summed E-state index contributed by atoms with van der Waals surface area (Å²) < 4.78 is 0. The van der Waals surface area contributed by atoms with Gasteiger partial charge < -0.3 is 15.3 Å². The molecule has 4 rings (SSSR count). The van der Waals surface area contributed by atoms with Crippen LogP contribution in [-0.4, -0.2) is 54.9 Å². The van der Waals surface area contributed by atoms with Crippen LogP contribution < -0.4 is 5.32 Å². The third-order valence-corrected chi connectivity index (χ3v) is 6.02. The number of aliphatic hydroxyl groups excluding tert-OH is 1. The van der Waals surface area contributed by atoms with E-state index in [0.29, 0.717) is 6.61 Å². The number of allylic oxidation sites excluding steroid dienone is 4. The first-order valence-corrected chi connectivity index (χ1v) is 10.3. The average molecular weight is 392 g/mol. The molecular formula is C24H28N2O3. The molecule has 0 saturated carbocycles. The lowest BCUT2D eigenvalue weighted by atomic mass is 9.89. The Labute approximate surface area is 172 Å². The van der Waals surface area contributed by atoms with E-state index in [9.17, 15) is 5.11 Å². The largest absolute Gasteiger partial charge is 0.380 e. The normalized spacial score (nSPS) is 24.1. The molecule has 0 bridgehead atoms. The third-order valence-electron chi connectivity index (χ3n) is 6.02. The molecule has 1 saturated heterocycles. The second kappa shape index (κ2) is 9.43. The Kier molecular flexibility index (Phi) is 6.48. The van der Waals surface area contributed by atoms with Gasteiger partial charge in [0.1, 0.15) is 12.7 Å². The van der Waals surface area contributed by atoms with Gasteiger partial charge in [-0.15, -0.1) is 6.42 Å². The zero-order chi connectivity index (χ0) is 20.1. The Balaban J connectivity index is 1.52. The predicted octanol–water partition coefficient (Wildman–Crippen LogP) is 2.53. The highest BCUT2D eigenvalue weighted by atomic mass is 17.2. The van der Waals surface area contributed by atoms with Crippen molar-refractivity contribution in [2.45, 2.75) is 30.9 Å². The van der Waals surface area contributed by atoms with Crippen LogP contribution in [-0.2, 0) is 9.78 Å². The molecule has 3 atom stereocenters. The van der Waals surface area contributed by atoms with E-state index in [4.69, 9.17) is 16.2 Å². The molecule has 0 aromatic heterocycles. The average Bonchev–Trinajstić information content (AvgIpc) is 2.79. The van der Waals surface area contributed by atoms with Crippen LogP contribution in [0.25, 0.3) is 0 Å². The molecule has 1 aromatic rings. The molecule has 5 nitrogen and oxygen atoms in total. The zero-order valence-corrected chi connectivity index (χ0v) is 16.6.